The van der Waals surface area contributed by atoms with Crippen molar-refractivity contribution in [1.29, 1.82) is 0 Å². The second-order valence-electron chi connectivity index (χ2n) is 7.70. The average Bonchev–Trinajstić information content (AvgIpc) is 3.13. The lowest BCUT2D eigenvalue weighted by Gasteiger charge is -2.14. The van der Waals surface area contributed by atoms with Gasteiger partial charge in [0.1, 0.15) is 11.6 Å². The molecule has 0 aliphatic heterocycles. The number of carbonyl (C=O) groups excluding carboxylic acids is 2. The minimum Gasteiger partial charge on any atom is -0.456 e. The van der Waals surface area contributed by atoms with Crippen LogP contribution in [0, 0.1) is 17.6 Å². The summed E-state index contributed by atoms with van der Waals surface area (Å²) in [6, 6.07) is 3.15. The van der Waals surface area contributed by atoms with Crippen molar-refractivity contribution in [3.63, 3.8) is 0 Å². The molecule has 164 valence electrons. The number of oxazole rings is 1. The van der Waals surface area contributed by atoms with Crippen LogP contribution in [0.3, 0.4) is 0 Å². The first-order chi connectivity index (χ1) is 14.2. The Hall–Kier alpha value is -2.77. The van der Waals surface area contributed by atoms with Crippen molar-refractivity contribution in [3.8, 4) is 11.3 Å². The highest BCUT2D eigenvalue weighted by Gasteiger charge is 2.15. The smallest absolute Gasteiger partial charge is 0.306 e. The molecule has 0 spiro atoms. The van der Waals surface area contributed by atoms with Gasteiger partial charge in [0.25, 0.3) is 5.91 Å². The van der Waals surface area contributed by atoms with E-state index in [0.717, 1.165) is 31.4 Å². The largest absolute Gasteiger partial charge is 0.456 e. The second kappa shape index (κ2) is 11.4. The Morgan fingerprint density at radius 2 is 1.97 bits per heavy atom. The molecule has 1 aromatic carbocycles. The SMILES string of the molecule is CC(C)CCCC(C)NC(=O)COC(=O)CCc1ncc(-c2ccc(F)cc2F)o1. The van der Waals surface area contributed by atoms with Crippen LogP contribution in [0.15, 0.2) is 28.8 Å². The Morgan fingerprint density at radius 3 is 2.67 bits per heavy atom. The summed E-state index contributed by atoms with van der Waals surface area (Å²) in [4.78, 5) is 27.7. The molecule has 1 unspecified atom stereocenters. The first-order valence-electron chi connectivity index (χ1n) is 10.1. The number of hydrogen-bond donors (Lipinski definition) is 1. The molecule has 30 heavy (non-hydrogen) atoms. The molecule has 0 saturated heterocycles. The first-order valence-corrected chi connectivity index (χ1v) is 10.1. The Bertz CT molecular complexity index is 851. The predicted octanol–water partition coefficient (Wildman–Crippen LogP) is 4.43. The van der Waals surface area contributed by atoms with Gasteiger partial charge < -0.3 is 14.5 Å². The molecule has 1 amide bonds. The summed E-state index contributed by atoms with van der Waals surface area (Å²) < 4.78 is 37.2. The summed E-state index contributed by atoms with van der Waals surface area (Å²) in [6.45, 7) is 5.89. The third kappa shape index (κ3) is 7.93. The molecule has 8 heteroatoms. The van der Waals surface area contributed by atoms with E-state index >= 15 is 0 Å². The van der Waals surface area contributed by atoms with Crippen LogP contribution in [-0.4, -0.2) is 29.5 Å². The number of carbonyl (C=O) groups is 2. The fourth-order valence-corrected chi connectivity index (χ4v) is 2.89. The molecular weight excluding hydrogens is 394 g/mol. The van der Waals surface area contributed by atoms with Crippen molar-refractivity contribution in [2.75, 3.05) is 6.61 Å². The highest BCUT2D eigenvalue weighted by atomic mass is 19.1. The quantitative estimate of drug-likeness (QED) is 0.542. The lowest BCUT2D eigenvalue weighted by Crippen LogP contribution is -2.35. The van der Waals surface area contributed by atoms with Gasteiger partial charge in [-0.15, -0.1) is 0 Å². The van der Waals surface area contributed by atoms with Crippen LogP contribution in [0.2, 0.25) is 0 Å². The average molecular weight is 422 g/mol. The second-order valence-corrected chi connectivity index (χ2v) is 7.70. The molecule has 0 aliphatic carbocycles. The number of ether oxygens (including phenoxy) is 1. The molecule has 1 N–H and O–H groups in total. The summed E-state index contributed by atoms with van der Waals surface area (Å²) in [7, 11) is 0. The number of benzene rings is 1. The normalized spacial score (nSPS) is 12.1. The lowest BCUT2D eigenvalue weighted by molar-refractivity contribution is -0.148. The fourth-order valence-electron chi connectivity index (χ4n) is 2.89. The Labute approximate surface area is 175 Å². The van der Waals surface area contributed by atoms with Crippen LogP contribution in [0.5, 0.6) is 0 Å². The lowest BCUT2D eigenvalue weighted by atomic mass is 10.0. The van der Waals surface area contributed by atoms with E-state index in [1.165, 1.54) is 12.3 Å². The Kier molecular flexibility index (Phi) is 8.95. The van der Waals surface area contributed by atoms with E-state index in [2.05, 4.69) is 24.1 Å². The van der Waals surface area contributed by atoms with Crippen molar-refractivity contribution in [2.45, 2.75) is 58.9 Å². The summed E-state index contributed by atoms with van der Waals surface area (Å²) in [5, 5.41) is 2.80. The first kappa shape index (κ1) is 23.5. The number of nitrogens with zero attached hydrogens (tertiary/aromatic N) is 1. The molecule has 0 aliphatic rings. The molecule has 1 aromatic heterocycles. The maximum atomic E-state index is 13.8. The number of amides is 1. The Balaban J connectivity index is 1.71. The van der Waals surface area contributed by atoms with Crippen molar-refractivity contribution in [1.82, 2.24) is 10.3 Å². The van der Waals surface area contributed by atoms with Crippen molar-refractivity contribution in [2.24, 2.45) is 5.92 Å². The highest BCUT2D eigenvalue weighted by Crippen LogP contribution is 2.24. The third-order valence-electron chi connectivity index (χ3n) is 4.48. The minimum atomic E-state index is -0.762. The van der Waals surface area contributed by atoms with E-state index in [0.29, 0.717) is 5.92 Å². The topological polar surface area (TPSA) is 81.4 Å². The van der Waals surface area contributed by atoms with Gasteiger partial charge in [0.2, 0.25) is 0 Å². The number of aromatic nitrogens is 1. The van der Waals surface area contributed by atoms with E-state index < -0.39 is 17.6 Å². The van der Waals surface area contributed by atoms with Gasteiger partial charge in [0.05, 0.1) is 18.2 Å². The zero-order valence-electron chi connectivity index (χ0n) is 17.5. The number of rotatable bonds is 11. The molecule has 0 saturated carbocycles. The summed E-state index contributed by atoms with van der Waals surface area (Å²) in [5.41, 5.74) is 0.0805. The van der Waals surface area contributed by atoms with Gasteiger partial charge in [0.15, 0.2) is 18.3 Å². The number of aryl methyl sites for hydroxylation is 1. The fraction of sp³-hybridized carbons (Fsp3) is 0.500. The van der Waals surface area contributed by atoms with Gasteiger partial charge in [-0.1, -0.05) is 26.7 Å². The van der Waals surface area contributed by atoms with Crippen molar-refractivity contribution in [3.05, 3.63) is 41.9 Å². The van der Waals surface area contributed by atoms with Gasteiger partial charge in [-0.2, -0.15) is 0 Å². The van der Waals surface area contributed by atoms with Crippen molar-refractivity contribution >= 4 is 11.9 Å². The standard InChI is InChI=1S/C22H28F2N2O4/c1-14(2)5-4-6-15(3)26-20(27)13-29-22(28)10-9-21-25-12-19(30-21)17-8-7-16(23)11-18(17)24/h7-8,11-12,14-15H,4-6,9-10,13H2,1-3H3,(H,26,27). The molecular formula is C22H28F2N2O4. The molecule has 2 aromatic rings. The van der Waals surface area contributed by atoms with Crippen LogP contribution >= 0.6 is 0 Å². The number of esters is 1. The summed E-state index contributed by atoms with van der Waals surface area (Å²) in [6.07, 6.45) is 4.41. The van der Waals surface area contributed by atoms with Crippen LogP contribution in [0.1, 0.15) is 52.3 Å². The molecule has 1 atom stereocenters. The minimum absolute atomic E-state index is 0.0209. The summed E-state index contributed by atoms with van der Waals surface area (Å²) in [5.74, 6) is -1.37. The van der Waals surface area contributed by atoms with Gasteiger partial charge in [-0.3, -0.25) is 9.59 Å². The van der Waals surface area contributed by atoms with Gasteiger partial charge >= 0.3 is 5.97 Å². The molecule has 6 nitrogen and oxygen atoms in total. The zero-order chi connectivity index (χ0) is 22.1. The van der Waals surface area contributed by atoms with E-state index in [1.807, 2.05) is 6.92 Å². The Morgan fingerprint density at radius 1 is 1.20 bits per heavy atom. The van der Waals surface area contributed by atoms with Gasteiger partial charge in [-0.05, 0) is 31.4 Å². The molecule has 0 bridgehead atoms. The maximum absolute atomic E-state index is 13.8. The molecule has 2 rings (SSSR count). The summed E-state index contributed by atoms with van der Waals surface area (Å²) >= 11 is 0. The third-order valence-corrected chi connectivity index (χ3v) is 4.48. The van der Waals surface area contributed by atoms with Crippen LogP contribution in [0.4, 0.5) is 8.78 Å². The number of nitrogens with one attached hydrogen (secondary N) is 1. The maximum Gasteiger partial charge on any atom is 0.306 e. The number of halogens is 2. The molecule has 0 fully saturated rings. The van der Waals surface area contributed by atoms with E-state index in [4.69, 9.17) is 9.15 Å². The highest BCUT2D eigenvalue weighted by molar-refractivity contribution is 5.80. The zero-order valence-corrected chi connectivity index (χ0v) is 17.5. The van der Waals surface area contributed by atoms with Crippen LogP contribution < -0.4 is 5.32 Å². The van der Waals surface area contributed by atoms with Crippen LogP contribution in [0.25, 0.3) is 11.3 Å². The molecule has 0 radical (unpaired) electrons. The van der Waals surface area contributed by atoms with Crippen LogP contribution in [-0.2, 0) is 20.7 Å². The number of hydrogen-bond acceptors (Lipinski definition) is 5. The van der Waals surface area contributed by atoms with Gasteiger partial charge in [-0.25, -0.2) is 13.8 Å². The predicted molar refractivity (Wildman–Crippen MR) is 107 cm³/mol. The van der Waals surface area contributed by atoms with Gasteiger partial charge in [0, 0.05) is 18.5 Å². The monoisotopic (exact) mass is 422 g/mol. The van der Waals surface area contributed by atoms with Crippen molar-refractivity contribution < 1.29 is 27.5 Å². The van der Waals surface area contributed by atoms with E-state index in [9.17, 15) is 18.4 Å². The van der Waals surface area contributed by atoms with E-state index in [1.54, 1.807) is 0 Å². The molecule has 1 heterocycles. The van der Waals surface area contributed by atoms with E-state index in [-0.39, 0.29) is 48.6 Å².